The topological polar surface area (TPSA) is 38.8 Å². The molecule has 1 heterocycles. The molecule has 1 aromatic rings. The lowest BCUT2D eigenvalue weighted by Gasteiger charge is -2.33. The largest absolute Gasteiger partial charge is 0.458 e. The van der Waals surface area contributed by atoms with Crippen molar-refractivity contribution in [3.05, 3.63) is 35.9 Å². The molecule has 6 atom stereocenters. The van der Waals surface area contributed by atoms with Crippen molar-refractivity contribution in [1.29, 1.82) is 0 Å². The van der Waals surface area contributed by atoms with Gasteiger partial charge in [-0.15, -0.1) is 0 Å². The molecule has 4 fully saturated rings. The van der Waals surface area contributed by atoms with Crippen molar-refractivity contribution >= 4 is 5.97 Å². The summed E-state index contributed by atoms with van der Waals surface area (Å²) in [6, 6.07) is 9.38. The molecule has 0 radical (unpaired) electrons. The van der Waals surface area contributed by atoms with Crippen molar-refractivity contribution in [2.45, 2.75) is 57.3 Å². The lowest BCUT2D eigenvalue weighted by atomic mass is 9.80. The quantitative estimate of drug-likeness (QED) is 0.615. The van der Waals surface area contributed by atoms with Gasteiger partial charge in [0.15, 0.2) is 0 Å². The van der Waals surface area contributed by atoms with Gasteiger partial charge in [0.1, 0.15) is 11.7 Å². The zero-order chi connectivity index (χ0) is 15.8. The molecule has 0 N–H and O–H groups in total. The predicted molar refractivity (Wildman–Crippen MR) is 86.0 cm³/mol. The number of benzene rings is 1. The van der Waals surface area contributed by atoms with Gasteiger partial charge in [-0.1, -0.05) is 32.0 Å². The van der Waals surface area contributed by atoms with Crippen LogP contribution in [-0.2, 0) is 9.47 Å². The van der Waals surface area contributed by atoms with Crippen LogP contribution >= 0.6 is 0 Å². The minimum atomic E-state index is -0.181. The minimum absolute atomic E-state index is 0.0201. The molecule has 0 unspecified atom stereocenters. The summed E-state index contributed by atoms with van der Waals surface area (Å²) in [5, 5.41) is 0. The number of carbonyl (C=O) groups is 1. The molecule has 122 valence electrons. The van der Waals surface area contributed by atoms with Gasteiger partial charge in [0.2, 0.25) is 0 Å². The second kappa shape index (κ2) is 4.38. The molecule has 0 bridgehead atoms. The number of esters is 1. The van der Waals surface area contributed by atoms with Crippen LogP contribution in [0.25, 0.3) is 0 Å². The number of hydrogen-bond acceptors (Lipinski definition) is 3. The van der Waals surface area contributed by atoms with E-state index in [-0.39, 0.29) is 23.1 Å². The maximum atomic E-state index is 12.6. The van der Waals surface area contributed by atoms with Crippen LogP contribution in [-0.4, -0.2) is 23.8 Å². The Hall–Kier alpha value is -1.35. The molecule has 1 aromatic carbocycles. The average molecular weight is 312 g/mol. The van der Waals surface area contributed by atoms with E-state index in [1.807, 2.05) is 30.3 Å². The van der Waals surface area contributed by atoms with Crippen molar-refractivity contribution in [3.63, 3.8) is 0 Å². The molecule has 3 heteroatoms. The van der Waals surface area contributed by atoms with Gasteiger partial charge in [0.05, 0.1) is 11.7 Å². The van der Waals surface area contributed by atoms with E-state index in [2.05, 4.69) is 13.8 Å². The van der Waals surface area contributed by atoms with Gasteiger partial charge in [0, 0.05) is 11.3 Å². The summed E-state index contributed by atoms with van der Waals surface area (Å²) in [5.41, 5.74) is 0.747. The highest BCUT2D eigenvalue weighted by Gasteiger charge is 2.78. The monoisotopic (exact) mass is 312 g/mol. The number of carbonyl (C=O) groups excluding carboxylic acids is 1. The van der Waals surface area contributed by atoms with Crippen molar-refractivity contribution in [1.82, 2.24) is 0 Å². The van der Waals surface area contributed by atoms with Crippen molar-refractivity contribution in [2.24, 2.45) is 23.2 Å². The highest BCUT2D eigenvalue weighted by molar-refractivity contribution is 5.89. The summed E-state index contributed by atoms with van der Waals surface area (Å²) in [6.07, 6.45) is 5.34. The Morgan fingerprint density at radius 1 is 1.22 bits per heavy atom. The lowest BCUT2D eigenvalue weighted by molar-refractivity contribution is -0.0275. The Morgan fingerprint density at radius 3 is 2.74 bits per heavy atom. The zero-order valence-electron chi connectivity index (χ0n) is 13.8. The molecule has 1 aliphatic heterocycles. The fourth-order valence-corrected chi connectivity index (χ4v) is 6.14. The Labute approximate surface area is 137 Å². The van der Waals surface area contributed by atoms with E-state index in [0.29, 0.717) is 29.4 Å². The van der Waals surface area contributed by atoms with Crippen LogP contribution < -0.4 is 0 Å². The zero-order valence-corrected chi connectivity index (χ0v) is 13.8. The molecule has 5 rings (SSSR count). The van der Waals surface area contributed by atoms with Gasteiger partial charge < -0.3 is 9.47 Å². The van der Waals surface area contributed by atoms with Crippen molar-refractivity contribution < 1.29 is 14.3 Å². The molecule has 1 saturated heterocycles. The first-order chi connectivity index (χ1) is 11.0. The predicted octanol–water partition coefficient (Wildman–Crippen LogP) is 3.83. The highest BCUT2D eigenvalue weighted by Crippen LogP contribution is 2.72. The number of epoxide rings is 1. The van der Waals surface area contributed by atoms with Crippen LogP contribution in [0.3, 0.4) is 0 Å². The summed E-state index contributed by atoms with van der Waals surface area (Å²) < 4.78 is 12.3. The van der Waals surface area contributed by atoms with Crippen LogP contribution in [0.15, 0.2) is 30.3 Å². The normalized spacial score (nSPS) is 45.2. The molecule has 4 aliphatic rings. The fraction of sp³-hybridized carbons (Fsp3) is 0.650. The Bertz CT molecular complexity index is 652. The second-order valence-corrected chi connectivity index (χ2v) is 8.64. The minimum Gasteiger partial charge on any atom is -0.458 e. The van der Waals surface area contributed by atoms with E-state index in [0.717, 1.165) is 6.42 Å². The third kappa shape index (κ3) is 1.77. The summed E-state index contributed by atoms with van der Waals surface area (Å²) in [6.45, 7) is 4.51. The smallest absolute Gasteiger partial charge is 0.338 e. The average Bonchev–Trinajstić information content (AvgIpc) is 2.91. The van der Waals surface area contributed by atoms with E-state index in [1.54, 1.807) is 0 Å². The lowest BCUT2D eigenvalue weighted by Crippen LogP contribution is -2.41. The molecular formula is C20H24O3. The second-order valence-electron chi connectivity index (χ2n) is 8.64. The first-order valence-corrected chi connectivity index (χ1v) is 8.96. The molecule has 3 aliphatic carbocycles. The van der Waals surface area contributed by atoms with Gasteiger partial charge in [-0.05, 0) is 49.7 Å². The molecule has 1 spiro atoms. The van der Waals surface area contributed by atoms with Gasteiger partial charge >= 0.3 is 5.97 Å². The Morgan fingerprint density at radius 2 is 2.00 bits per heavy atom. The summed E-state index contributed by atoms with van der Waals surface area (Å²) in [7, 11) is 0. The number of hydrogen-bond donors (Lipinski definition) is 0. The molecule has 0 amide bonds. The van der Waals surface area contributed by atoms with Gasteiger partial charge in [-0.25, -0.2) is 4.79 Å². The van der Waals surface area contributed by atoms with Crippen molar-refractivity contribution in [2.75, 3.05) is 0 Å². The third-order valence-corrected chi connectivity index (χ3v) is 6.95. The van der Waals surface area contributed by atoms with Gasteiger partial charge in [-0.3, -0.25) is 0 Å². The summed E-state index contributed by atoms with van der Waals surface area (Å²) in [5.74, 6) is 1.59. The third-order valence-electron chi connectivity index (χ3n) is 6.95. The van der Waals surface area contributed by atoms with E-state index >= 15 is 0 Å². The Kier molecular flexibility index (Phi) is 2.67. The van der Waals surface area contributed by atoms with Crippen LogP contribution in [0.4, 0.5) is 0 Å². The van der Waals surface area contributed by atoms with E-state index in [4.69, 9.17) is 9.47 Å². The first-order valence-electron chi connectivity index (χ1n) is 8.96. The van der Waals surface area contributed by atoms with E-state index < -0.39 is 0 Å². The van der Waals surface area contributed by atoms with Crippen LogP contribution in [0.5, 0.6) is 0 Å². The number of fused-ring (bicyclic) bond motifs is 1. The van der Waals surface area contributed by atoms with Gasteiger partial charge in [0.25, 0.3) is 0 Å². The fourth-order valence-electron chi connectivity index (χ4n) is 6.14. The highest BCUT2D eigenvalue weighted by atomic mass is 16.6. The van der Waals surface area contributed by atoms with Crippen LogP contribution in [0.1, 0.15) is 49.9 Å². The summed E-state index contributed by atoms with van der Waals surface area (Å²) >= 11 is 0. The van der Waals surface area contributed by atoms with Crippen molar-refractivity contribution in [3.8, 4) is 0 Å². The summed E-state index contributed by atoms with van der Waals surface area (Å²) in [4.78, 5) is 12.6. The maximum absolute atomic E-state index is 12.6. The molecule has 3 saturated carbocycles. The molecule has 3 nitrogen and oxygen atoms in total. The molecule has 23 heavy (non-hydrogen) atoms. The Balaban J connectivity index is 1.45. The van der Waals surface area contributed by atoms with E-state index in [1.165, 1.54) is 19.3 Å². The van der Waals surface area contributed by atoms with Crippen LogP contribution in [0, 0.1) is 23.2 Å². The number of ether oxygens (including phenoxy) is 2. The number of rotatable bonds is 2. The molecular weight excluding hydrogens is 288 g/mol. The standard InChI is InChI=1S/C20H24O3/c1-19(2)11-13-10-14-8-9-15-20(14,23-15)16(13)17(19)22-18(21)12-6-4-3-5-7-12/h3-7,13-17H,8-11H2,1-2H3/t13-,14+,15+,16-,17+,20-/m0/s1. The van der Waals surface area contributed by atoms with E-state index in [9.17, 15) is 4.79 Å². The van der Waals surface area contributed by atoms with Crippen LogP contribution in [0.2, 0.25) is 0 Å². The SMILES string of the molecule is CC1(C)C[C@@H]2C[C@H]3CC[C@H]4O[C@@]34[C@@H]2[C@H]1OC(=O)c1ccccc1. The molecule has 0 aromatic heterocycles. The van der Waals surface area contributed by atoms with Gasteiger partial charge in [-0.2, -0.15) is 0 Å². The maximum Gasteiger partial charge on any atom is 0.338 e. The first kappa shape index (κ1) is 14.0.